The number of aliphatic hydroxyl groups is 1. The van der Waals surface area contributed by atoms with Crippen molar-refractivity contribution in [2.45, 2.75) is 19.4 Å². The van der Waals surface area contributed by atoms with Crippen molar-refractivity contribution in [2.75, 3.05) is 33.8 Å². The number of aliphatic hydroxyl groups excluding tert-OH is 1. The first-order chi connectivity index (χ1) is 9.60. The van der Waals surface area contributed by atoms with E-state index in [2.05, 4.69) is 12.2 Å². The smallest absolute Gasteiger partial charge is 0.233 e. The second kappa shape index (κ2) is 8.55. The van der Waals surface area contributed by atoms with Gasteiger partial charge in [-0.05, 0) is 30.7 Å². The number of carbonyl (C=O) groups is 1. The lowest BCUT2D eigenvalue weighted by molar-refractivity contribution is -0.122. The Balaban J connectivity index is 2.68. The maximum atomic E-state index is 11.5. The summed E-state index contributed by atoms with van der Waals surface area (Å²) in [4.78, 5) is 13.4. The molecule has 1 amide bonds. The summed E-state index contributed by atoms with van der Waals surface area (Å²) in [6.07, 6.45) is 0.295. The quantitative estimate of drug-likeness (QED) is 0.751. The molecule has 0 heterocycles. The van der Waals surface area contributed by atoms with Crippen LogP contribution in [0.25, 0.3) is 0 Å². The average Bonchev–Trinajstić information content (AvgIpc) is 2.47. The fourth-order valence-electron chi connectivity index (χ4n) is 2.03. The molecule has 0 radical (unpaired) electrons. The molecule has 0 saturated carbocycles. The first-order valence-electron chi connectivity index (χ1n) is 6.85. The zero-order chi connectivity index (χ0) is 15.0. The third kappa shape index (κ3) is 5.19. The number of carbonyl (C=O) groups excluding carboxylic acids is 1. The fourth-order valence-corrected chi connectivity index (χ4v) is 2.03. The van der Waals surface area contributed by atoms with Crippen LogP contribution in [-0.4, -0.2) is 49.7 Å². The van der Waals surface area contributed by atoms with E-state index in [1.165, 1.54) is 0 Å². The summed E-state index contributed by atoms with van der Waals surface area (Å²) in [5.74, 6) is 0.672. The van der Waals surface area contributed by atoms with Gasteiger partial charge < -0.3 is 15.2 Å². The Morgan fingerprint density at radius 3 is 2.85 bits per heavy atom. The van der Waals surface area contributed by atoms with E-state index in [9.17, 15) is 9.90 Å². The molecule has 1 unspecified atom stereocenters. The van der Waals surface area contributed by atoms with E-state index in [1.54, 1.807) is 14.2 Å². The highest BCUT2D eigenvalue weighted by molar-refractivity contribution is 5.77. The van der Waals surface area contributed by atoms with Crippen LogP contribution in [0.5, 0.6) is 5.75 Å². The molecule has 0 bridgehead atoms. The molecule has 1 aromatic rings. The molecular weight excluding hydrogens is 256 g/mol. The van der Waals surface area contributed by atoms with Gasteiger partial charge in [-0.15, -0.1) is 0 Å². The minimum atomic E-state index is -0.638. The van der Waals surface area contributed by atoms with Crippen LogP contribution in [0, 0.1) is 0 Å². The maximum Gasteiger partial charge on any atom is 0.233 e. The van der Waals surface area contributed by atoms with Crippen molar-refractivity contribution in [3.05, 3.63) is 29.8 Å². The predicted octanol–water partition coefficient (Wildman–Crippen LogP) is 1.19. The third-order valence-electron chi connectivity index (χ3n) is 3.10. The highest BCUT2D eigenvalue weighted by Gasteiger charge is 2.15. The van der Waals surface area contributed by atoms with E-state index in [4.69, 9.17) is 4.74 Å². The summed E-state index contributed by atoms with van der Waals surface area (Å²) in [6.45, 7) is 3.54. The molecule has 0 spiro atoms. The SMILES string of the molecule is CCCN(CC(=O)NC)CC(O)c1cccc(OC)c1. The Labute approximate surface area is 120 Å². The summed E-state index contributed by atoms with van der Waals surface area (Å²) >= 11 is 0. The van der Waals surface area contributed by atoms with Gasteiger partial charge in [0.25, 0.3) is 0 Å². The van der Waals surface area contributed by atoms with Gasteiger partial charge in [-0.1, -0.05) is 19.1 Å². The number of hydrogen-bond donors (Lipinski definition) is 2. The van der Waals surface area contributed by atoms with Crippen molar-refractivity contribution in [2.24, 2.45) is 0 Å². The second-order valence-corrected chi connectivity index (χ2v) is 4.70. The number of nitrogens with zero attached hydrogens (tertiary/aromatic N) is 1. The van der Waals surface area contributed by atoms with Gasteiger partial charge in [0.1, 0.15) is 5.75 Å². The number of amides is 1. The van der Waals surface area contributed by atoms with Crippen molar-refractivity contribution in [1.29, 1.82) is 0 Å². The van der Waals surface area contributed by atoms with Gasteiger partial charge in [0.05, 0.1) is 19.8 Å². The average molecular weight is 280 g/mol. The number of methoxy groups -OCH3 is 1. The van der Waals surface area contributed by atoms with E-state index in [0.29, 0.717) is 13.1 Å². The molecule has 0 aromatic heterocycles. The molecule has 0 aliphatic rings. The van der Waals surface area contributed by atoms with Gasteiger partial charge in [-0.25, -0.2) is 0 Å². The first kappa shape index (κ1) is 16.5. The molecule has 20 heavy (non-hydrogen) atoms. The van der Waals surface area contributed by atoms with Crippen LogP contribution in [0.2, 0.25) is 0 Å². The monoisotopic (exact) mass is 280 g/mol. The van der Waals surface area contributed by atoms with Crippen molar-refractivity contribution < 1.29 is 14.6 Å². The zero-order valence-corrected chi connectivity index (χ0v) is 12.4. The molecule has 0 aliphatic heterocycles. The van der Waals surface area contributed by atoms with Crippen molar-refractivity contribution in [1.82, 2.24) is 10.2 Å². The van der Waals surface area contributed by atoms with Crippen LogP contribution in [0.1, 0.15) is 25.0 Å². The lowest BCUT2D eigenvalue weighted by Crippen LogP contribution is -2.38. The molecule has 1 aromatic carbocycles. The Kier molecular flexibility index (Phi) is 7.04. The van der Waals surface area contributed by atoms with Gasteiger partial charge in [0.2, 0.25) is 5.91 Å². The highest BCUT2D eigenvalue weighted by atomic mass is 16.5. The minimum Gasteiger partial charge on any atom is -0.497 e. The standard InChI is InChI=1S/C15H24N2O3/c1-4-8-17(11-15(19)16-2)10-14(18)12-6-5-7-13(9-12)20-3/h5-7,9,14,18H,4,8,10-11H2,1-3H3,(H,16,19). The normalized spacial score (nSPS) is 12.2. The number of nitrogens with one attached hydrogen (secondary N) is 1. The van der Waals surface area contributed by atoms with Crippen molar-refractivity contribution >= 4 is 5.91 Å². The summed E-state index contributed by atoms with van der Waals surface area (Å²) in [5, 5.41) is 12.9. The third-order valence-corrected chi connectivity index (χ3v) is 3.10. The Morgan fingerprint density at radius 1 is 1.50 bits per heavy atom. The summed E-state index contributed by atoms with van der Waals surface area (Å²) < 4.78 is 5.15. The van der Waals surface area contributed by atoms with Crippen LogP contribution < -0.4 is 10.1 Å². The molecule has 2 N–H and O–H groups in total. The maximum absolute atomic E-state index is 11.5. The van der Waals surface area contributed by atoms with Gasteiger partial charge in [-0.3, -0.25) is 9.69 Å². The van der Waals surface area contributed by atoms with E-state index in [0.717, 1.165) is 24.3 Å². The van der Waals surface area contributed by atoms with Crippen LogP contribution in [0.4, 0.5) is 0 Å². The Bertz CT molecular complexity index is 423. The predicted molar refractivity (Wildman–Crippen MR) is 78.8 cm³/mol. The van der Waals surface area contributed by atoms with E-state index in [1.807, 2.05) is 29.2 Å². The number of ether oxygens (including phenoxy) is 1. The van der Waals surface area contributed by atoms with Crippen LogP contribution in [0.3, 0.4) is 0 Å². The van der Waals surface area contributed by atoms with Crippen LogP contribution in [-0.2, 0) is 4.79 Å². The van der Waals surface area contributed by atoms with Crippen molar-refractivity contribution in [3.63, 3.8) is 0 Å². The van der Waals surface area contributed by atoms with Gasteiger partial charge in [-0.2, -0.15) is 0 Å². The first-order valence-corrected chi connectivity index (χ1v) is 6.85. The lowest BCUT2D eigenvalue weighted by atomic mass is 10.1. The number of hydrogen-bond acceptors (Lipinski definition) is 4. The summed E-state index contributed by atoms with van der Waals surface area (Å²) in [5.41, 5.74) is 0.794. The molecule has 1 rings (SSSR count). The van der Waals surface area contributed by atoms with E-state index >= 15 is 0 Å². The fraction of sp³-hybridized carbons (Fsp3) is 0.533. The molecule has 1 atom stereocenters. The number of likely N-dealkylation sites (N-methyl/N-ethyl adjacent to an activating group) is 1. The molecule has 0 saturated heterocycles. The second-order valence-electron chi connectivity index (χ2n) is 4.70. The van der Waals surface area contributed by atoms with Crippen LogP contribution in [0.15, 0.2) is 24.3 Å². The van der Waals surface area contributed by atoms with E-state index < -0.39 is 6.10 Å². The zero-order valence-electron chi connectivity index (χ0n) is 12.4. The van der Waals surface area contributed by atoms with Gasteiger partial charge >= 0.3 is 0 Å². The van der Waals surface area contributed by atoms with E-state index in [-0.39, 0.29) is 5.91 Å². The number of rotatable bonds is 8. The molecule has 5 heteroatoms. The Morgan fingerprint density at radius 2 is 2.25 bits per heavy atom. The topological polar surface area (TPSA) is 61.8 Å². The largest absolute Gasteiger partial charge is 0.497 e. The van der Waals surface area contributed by atoms with Crippen LogP contribution >= 0.6 is 0 Å². The molecular formula is C15H24N2O3. The summed E-state index contributed by atoms with van der Waals surface area (Å²) in [7, 11) is 3.21. The van der Waals surface area contributed by atoms with Gasteiger partial charge in [0, 0.05) is 13.6 Å². The molecule has 0 fully saturated rings. The Hall–Kier alpha value is -1.59. The summed E-state index contributed by atoms with van der Waals surface area (Å²) in [6, 6.07) is 7.36. The lowest BCUT2D eigenvalue weighted by Gasteiger charge is -2.24. The minimum absolute atomic E-state index is 0.0451. The van der Waals surface area contributed by atoms with Crippen molar-refractivity contribution in [3.8, 4) is 5.75 Å². The number of benzene rings is 1. The molecule has 0 aliphatic carbocycles. The molecule has 112 valence electrons. The molecule has 5 nitrogen and oxygen atoms in total. The van der Waals surface area contributed by atoms with Gasteiger partial charge in [0.15, 0.2) is 0 Å². The highest BCUT2D eigenvalue weighted by Crippen LogP contribution is 2.19.